The molecule has 110 valence electrons. The molecule has 1 saturated carbocycles. The largest absolute Gasteiger partial charge is 0.497 e. The zero-order chi connectivity index (χ0) is 14.6. The Hall–Kier alpha value is -1.55. The number of hydrogen-bond acceptors (Lipinski definition) is 3. The summed E-state index contributed by atoms with van der Waals surface area (Å²) in [5, 5.41) is 12.9. The van der Waals surface area contributed by atoms with Crippen LogP contribution in [0, 0.1) is 0 Å². The first-order valence-electron chi connectivity index (χ1n) is 7.17. The predicted molar refractivity (Wildman–Crippen MR) is 78.1 cm³/mol. The molecule has 1 unspecified atom stereocenters. The van der Waals surface area contributed by atoms with Gasteiger partial charge in [0.1, 0.15) is 11.3 Å². The Kier molecular flexibility index (Phi) is 4.65. The van der Waals surface area contributed by atoms with Gasteiger partial charge in [0, 0.05) is 12.5 Å². The molecule has 0 spiro atoms. The van der Waals surface area contributed by atoms with Gasteiger partial charge in [-0.1, -0.05) is 25.0 Å². The standard InChI is InChI=1S/C16H23NO3/c1-16(15(18)19,17-13-5-3-4-6-13)11-12-7-9-14(20-2)10-8-12/h7-10,13,17H,3-6,11H2,1-2H3,(H,18,19). The molecular formula is C16H23NO3. The third kappa shape index (κ3) is 3.51. The van der Waals surface area contributed by atoms with Gasteiger partial charge in [-0.25, -0.2) is 0 Å². The number of carboxylic acids is 1. The van der Waals surface area contributed by atoms with Crippen LogP contribution in [-0.2, 0) is 11.2 Å². The van der Waals surface area contributed by atoms with E-state index in [-0.39, 0.29) is 0 Å². The molecule has 1 aromatic carbocycles. The summed E-state index contributed by atoms with van der Waals surface area (Å²) in [7, 11) is 1.62. The molecule has 0 aromatic heterocycles. The summed E-state index contributed by atoms with van der Waals surface area (Å²) >= 11 is 0. The minimum Gasteiger partial charge on any atom is -0.497 e. The zero-order valence-corrected chi connectivity index (χ0v) is 12.2. The van der Waals surface area contributed by atoms with E-state index in [2.05, 4.69) is 5.32 Å². The SMILES string of the molecule is COc1ccc(CC(C)(NC2CCCC2)C(=O)O)cc1. The molecule has 1 aliphatic rings. The molecule has 2 rings (SSSR count). The molecule has 1 fully saturated rings. The van der Waals surface area contributed by atoms with E-state index >= 15 is 0 Å². The van der Waals surface area contributed by atoms with E-state index < -0.39 is 11.5 Å². The number of benzene rings is 1. The Bertz CT molecular complexity index is 451. The second-order valence-electron chi connectivity index (χ2n) is 5.79. The van der Waals surface area contributed by atoms with Gasteiger partial charge < -0.3 is 9.84 Å². The van der Waals surface area contributed by atoms with Crippen LogP contribution in [0.25, 0.3) is 0 Å². The normalized spacial score (nSPS) is 18.7. The lowest BCUT2D eigenvalue weighted by atomic mass is 9.91. The van der Waals surface area contributed by atoms with Crippen molar-refractivity contribution < 1.29 is 14.6 Å². The van der Waals surface area contributed by atoms with Crippen LogP contribution in [0.2, 0.25) is 0 Å². The lowest BCUT2D eigenvalue weighted by Crippen LogP contribution is -2.54. The highest BCUT2D eigenvalue weighted by Crippen LogP contribution is 2.23. The first-order valence-corrected chi connectivity index (χ1v) is 7.17. The van der Waals surface area contributed by atoms with E-state index in [1.807, 2.05) is 24.3 Å². The van der Waals surface area contributed by atoms with E-state index in [1.54, 1.807) is 14.0 Å². The summed E-state index contributed by atoms with van der Waals surface area (Å²) in [6.07, 6.45) is 5.01. The minimum atomic E-state index is -0.913. The Morgan fingerprint density at radius 2 is 1.95 bits per heavy atom. The first-order chi connectivity index (χ1) is 9.53. The fraction of sp³-hybridized carbons (Fsp3) is 0.562. The monoisotopic (exact) mass is 277 g/mol. The molecule has 0 aliphatic heterocycles. The fourth-order valence-electron chi connectivity index (χ4n) is 2.86. The lowest BCUT2D eigenvalue weighted by molar-refractivity contribution is -0.144. The number of hydrogen-bond donors (Lipinski definition) is 2. The Labute approximate surface area is 120 Å². The number of ether oxygens (including phenoxy) is 1. The topological polar surface area (TPSA) is 58.6 Å². The van der Waals surface area contributed by atoms with Crippen molar-refractivity contribution in [3.05, 3.63) is 29.8 Å². The van der Waals surface area contributed by atoms with Crippen LogP contribution in [0.1, 0.15) is 38.2 Å². The predicted octanol–water partition coefficient (Wildman–Crippen LogP) is 2.61. The summed E-state index contributed by atoms with van der Waals surface area (Å²) in [5.74, 6) is -0.00486. The van der Waals surface area contributed by atoms with E-state index in [1.165, 1.54) is 12.8 Å². The fourth-order valence-corrected chi connectivity index (χ4v) is 2.86. The molecule has 4 heteroatoms. The van der Waals surface area contributed by atoms with Crippen molar-refractivity contribution in [2.45, 2.75) is 50.6 Å². The Morgan fingerprint density at radius 1 is 1.35 bits per heavy atom. The average Bonchev–Trinajstić information content (AvgIpc) is 2.92. The smallest absolute Gasteiger partial charge is 0.323 e. The van der Waals surface area contributed by atoms with E-state index in [0.29, 0.717) is 12.5 Å². The number of rotatable bonds is 6. The number of nitrogens with one attached hydrogen (secondary N) is 1. The van der Waals surface area contributed by atoms with Gasteiger partial charge in [0.15, 0.2) is 0 Å². The minimum absolute atomic E-state index is 0.328. The maximum absolute atomic E-state index is 11.6. The van der Waals surface area contributed by atoms with Gasteiger partial charge in [-0.15, -0.1) is 0 Å². The van der Waals surface area contributed by atoms with Crippen molar-refractivity contribution in [1.29, 1.82) is 0 Å². The summed E-state index contributed by atoms with van der Waals surface area (Å²) < 4.78 is 5.12. The number of aliphatic carboxylic acids is 1. The maximum atomic E-state index is 11.6. The number of carbonyl (C=O) groups is 1. The first kappa shape index (κ1) is 14.9. The van der Waals surface area contributed by atoms with Gasteiger partial charge in [0.05, 0.1) is 7.11 Å². The van der Waals surface area contributed by atoms with Crippen LogP contribution < -0.4 is 10.1 Å². The Morgan fingerprint density at radius 3 is 2.45 bits per heavy atom. The van der Waals surface area contributed by atoms with Gasteiger partial charge in [-0.05, 0) is 37.5 Å². The van der Waals surface area contributed by atoms with Crippen molar-refractivity contribution in [1.82, 2.24) is 5.32 Å². The van der Waals surface area contributed by atoms with E-state index in [9.17, 15) is 9.90 Å². The lowest BCUT2D eigenvalue weighted by Gasteiger charge is -2.30. The van der Waals surface area contributed by atoms with E-state index in [0.717, 1.165) is 24.2 Å². The van der Waals surface area contributed by atoms with Crippen molar-refractivity contribution in [2.24, 2.45) is 0 Å². The Balaban J connectivity index is 2.08. The molecule has 0 bridgehead atoms. The molecule has 1 atom stereocenters. The second kappa shape index (κ2) is 6.27. The molecule has 20 heavy (non-hydrogen) atoms. The van der Waals surface area contributed by atoms with Gasteiger partial charge >= 0.3 is 5.97 Å². The third-order valence-electron chi connectivity index (χ3n) is 4.07. The van der Waals surface area contributed by atoms with Crippen LogP contribution in [0.3, 0.4) is 0 Å². The molecule has 0 saturated heterocycles. The molecule has 2 N–H and O–H groups in total. The highest BCUT2D eigenvalue weighted by atomic mass is 16.5. The average molecular weight is 277 g/mol. The third-order valence-corrected chi connectivity index (χ3v) is 4.07. The highest BCUT2D eigenvalue weighted by Gasteiger charge is 2.36. The van der Waals surface area contributed by atoms with E-state index in [4.69, 9.17) is 4.74 Å². The maximum Gasteiger partial charge on any atom is 0.323 e. The molecular weight excluding hydrogens is 254 g/mol. The molecule has 1 aliphatic carbocycles. The molecule has 4 nitrogen and oxygen atoms in total. The van der Waals surface area contributed by atoms with Crippen molar-refractivity contribution in [3.63, 3.8) is 0 Å². The molecule has 1 aromatic rings. The number of carboxylic acid groups (broad SMARTS) is 1. The molecule has 0 heterocycles. The summed E-state index contributed by atoms with van der Waals surface area (Å²) in [4.78, 5) is 11.6. The summed E-state index contributed by atoms with van der Waals surface area (Å²) in [6, 6.07) is 7.92. The van der Waals surface area contributed by atoms with Crippen molar-refractivity contribution >= 4 is 5.97 Å². The summed E-state index contributed by atoms with van der Waals surface area (Å²) in [5.41, 5.74) is 0.0880. The van der Waals surface area contributed by atoms with Crippen LogP contribution in [0.15, 0.2) is 24.3 Å². The zero-order valence-electron chi connectivity index (χ0n) is 12.2. The van der Waals surface area contributed by atoms with Crippen LogP contribution in [0.5, 0.6) is 5.75 Å². The second-order valence-corrected chi connectivity index (χ2v) is 5.79. The van der Waals surface area contributed by atoms with Crippen LogP contribution in [-0.4, -0.2) is 29.8 Å². The van der Waals surface area contributed by atoms with Crippen LogP contribution >= 0.6 is 0 Å². The van der Waals surface area contributed by atoms with Gasteiger partial charge in [-0.2, -0.15) is 0 Å². The molecule has 0 radical (unpaired) electrons. The van der Waals surface area contributed by atoms with Crippen molar-refractivity contribution in [2.75, 3.05) is 7.11 Å². The van der Waals surface area contributed by atoms with Gasteiger partial charge in [0.2, 0.25) is 0 Å². The summed E-state index contributed by atoms with van der Waals surface area (Å²) in [6.45, 7) is 1.78. The number of methoxy groups -OCH3 is 1. The molecule has 0 amide bonds. The van der Waals surface area contributed by atoms with Gasteiger partial charge in [0.25, 0.3) is 0 Å². The van der Waals surface area contributed by atoms with Gasteiger partial charge in [-0.3, -0.25) is 10.1 Å². The van der Waals surface area contributed by atoms with Crippen molar-refractivity contribution in [3.8, 4) is 5.75 Å². The quantitative estimate of drug-likeness (QED) is 0.839. The highest BCUT2D eigenvalue weighted by molar-refractivity contribution is 5.78. The van der Waals surface area contributed by atoms with Crippen LogP contribution in [0.4, 0.5) is 0 Å².